The highest BCUT2D eigenvalue weighted by Gasteiger charge is 2.52. The van der Waals surface area contributed by atoms with E-state index in [0.29, 0.717) is 0 Å². The summed E-state index contributed by atoms with van der Waals surface area (Å²) in [7, 11) is 0. The zero-order valence-corrected chi connectivity index (χ0v) is 24.4. The van der Waals surface area contributed by atoms with E-state index in [2.05, 4.69) is 156 Å². The Morgan fingerprint density at radius 1 is 0.475 bits per heavy atom. The van der Waals surface area contributed by atoms with Crippen LogP contribution in [0.2, 0.25) is 0 Å². The van der Waals surface area contributed by atoms with Crippen LogP contribution in [0.3, 0.4) is 0 Å². The van der Waals surface area contributed by atoms with Gasteiger partial charge < -0.3 is 5.32 Å². The molecule has 2 aliphatic rings. The van der Waals surface area contributed by atoms with Crippen molar-refractivity contribution < 1.29 is 0 Å². The molecular weight excluding hydrogens is 482 g/mol. The summed E-state index contributed by atoms with van der Waals surface area (Å²) in [6, 6.07) is 40.9. The van der Waals surface area contributed by atoms with Gasteiger partial charge in [0.25, 0.3) is 0 Å². The Bertz CT molecular complexity index is 1700. The van der Waals surface area contributed by atoms with E-state index in [1.165, 1.54) is 61.3 Å². The van der Waals surface area contributed by atoms with Crippen LogP contribution in [0, 0.1) is 0 Å². The van der Waals surface area contributed by atoms with Crippen molar-refractivity contribution in [1.82, 2.24) is 0 Å². The molecule has 0 saturated heterocycles. The van der Waals surface area contributed by atoms with E-state index in [9.17, 15) is 0 Å². The number of nitrogens with one attached hydrogen (secondary N) is 1. The van der Waals surface area contributed by atoms with E-state index < -0.39 is 0 Å². The van der Waals surface area contributed by atoms with E-state index in [4.69, 9.17) is 0 Å². The van der Waals surface area contributed by atoms with Gasteiger partial charge in [0.05, 0.1) is 5.41 Å². The summed E-state index contributed by atoms with van der Waals surface area (Å²) >= 11 is 0. The highest BCUT2D eigenvalue weighted by atomic mass is 14.9. The van der Waals surface area contributed by atoms with Crippen LogP contribution in [0.4, 0.5) is 11.4 Å². The van der Waals surface area contributed by atoms with Crippen LogP contribution in [-0.4, -0.2) is 0 Å². The van der Waals surface area contributed by atoms with Gasteiger partial charge in [-0.25, -0.2) is 0 Å². The van der Waals surface area contributed by atoms with Crippen molar-refractivity contribution in [3.63, 3.8) is 0 Å². The second-order valence-corrected chi connectivity index (χ2v) is 13.5. The number of benzene rings is 5. The minimum Gasteiger partial charge on any atom is -0.355 e. The fourth-order valence-corrected chi connectivity index (χ4v) is 6.98. The van der Waals surface area contributed by atoms with Gasteiger partial charge >= 0.3 is 0 Å². The van der Waals surface area contributed by atoms with Crippen LogP contribution >= 0.6 is 0 Å². The molecule has 7 rings (SSSR count). The quantitative estimate of drug-likeness (QED) is 0.239. The molecule has 1 nitrogen and oxygen atoms in total. The van der Waals surface area contributed by atoms with Crippen molar-refractivity contribution in [1.29, 1.82) is 0 Å². The molecule has 0 radical (unpaired) electrons. The van der Waals surface area contributed by atoms with E-state index >= 15 is 0 Å². The number of fused-ring (bicyclic) bond motifs is 10. The SMILES string of the molecule is CC(C)(C)c1cc(Nc2cccc3c2C2(c4ccccc4-c4ccccc42)c2ccccc2-3)cc(C(C)(C)C)c1. The van der Waals surface area contributed by atoms with Crippen LogP contribution < -0.4 is 5.32 Å². The number of anilines is 2. The summed E-state index contributed by atoms with van der Waals surface area (Å²) in [6.07, 6.45) is 0. The van der Waals surface area contributed by atoms with Crippen LogP contribution in [-0.2, 0) is 16.2 Å². The lowest BCUT2D eigenvalue weighted by atomic mass is 9.70. The summed E-state index contributed by atoms with van der Waals surface area (Å²) in [6.45, 7) is 13.8. The number of rotatable bonds is 2. The smallest absolute Gasteiger partial charge is 0.0745 e. The monoisotopic (exact) mass is 519 g/mol. The summed E-state index contributed by atoms with van der Waals surface area (Å²) in [5.74, 6) is 0. The summed E-state index contributed by atoms with van der Waals surface area (Å²) in [4.78, 5) is 0. The van der Waals surface area contributed by atoms with Crippen LogP contribution in [0.5, 0.6) is 0 Å². The first-order valence-corrected chi connectivity index (χ1v) is 14.5. The Labute approximate surface area is 238 Å². The van der Waals surface area contributed by atoms with Gasteiger partial charge in [-0.05, 0) is 79.1 Å². The molecule has 0 heterocycles. The normalized spacial score (nSPS) is 14.4. The van der Waals surface area contributed by atoms with E-state index in [-0.39, 0.29) is 16.2 Å². The average Bonchev–Trinajstić information content (AvgIpc) is 3.40. The second-order valence-electron chi connectivity index (χ2n) is 13.5. The molecule has 5 aromatic rings. The van der Waals surface area contributed by atoms with Gasteiger partial charge in [-0.1, -0.05) is 133 Å². The molecule has 0 amide bonds. The Morgan fingerprint density at radius 2 is 0.900 bits per heavy atom. The molecule has 40 heavy (non-hydrogen) atoms. The summed E-state index contributed by atoms with van der Waals surface area (Å²) in [5.41, 5.74) is 15.5. The molecule has 1 spiro atoms. The molecule has 1 N–H and O–H groups in total. The van der Waals surface area contributed by atoms with Gasteiger partial charge in [0.2, 0.25) is 0 Å². The molecule has 198 valence electrons. The van der Waals surface area contributed by atoms with Crippen LogP contribution in [0.1, 0.15) is 74.9 Å². The molecule has 0 aromatic heterocycles. The third-order valence-corrected chi connectivity index (χ3v) is 8.96. The zero-order chi connectivity index (χ0) is 27.9. The third-order valence-electron chi connectivity index (χ3n) is 8.96. The Hall–Kier alpha value is -4.10. The first kappa shape index (κ1) is 24.9. The maximum absolute atomic E-state index is 3.98. The minimum absolute atomic E-state index is 0.0527. The molecule has 0 atom stereocenters. The van der Waals surface area contributed by atoms with Gasteiger partial charge in [0, 0.05) is 16.9 Å². The number of hydrogen-bond acceptors (Lipinski definition) is 1. The molecule has 0 saturated carbocycles. The first-order chi connectivity index (χ1) is 19.1. The summed E-state index contributed by atoms with van der Waals surface area (Å²) in [5, 5.41) is 3.98. The predicted octanol–water partition coefficient (Wildman–Crippen LogP) is 10.4. The fraction of sp³-hybridized carbons (Fsp3) is 0.231. The van der Waals surface area contributed by atoms with Crippen molar-refractivity contribution in [3.05, 3.63) is 143 Å². The molecule has 2 aliphatic carbocycles. The van der Waals surface area contributed by atoms with Gasteiger partial charge in [0.15, 0.2) is 0 Å². The maximum atomic E-state index is 3.98. The lowest BCUT2D eigenvalue weighted by Gasteiger charge is -2.32. The topological polar surface area (TPSA) is 12.0 Å². The Kier molecular flexibility index (Phi) is 5.26. The standard InChI is InChI=1S/C39H37N/c1-37(2,3)25-22-26(38(4,5)6)24-27(23-25)40-35-21-13-17-31-30-16-9-12-20-34(30)39(36(31)35)32-18-10-7-14-28(32)29-15-8-11-19-33(29)39/h7-24,40H,1-6H3. The average molecular weight is 520 g/mol. The molecular formula is C39H37N. The molecule has 0 unspecified atom stereocenters. The fourth-order valence-electron chi connectivity index (χ4n) is 6.98. The highest BCUT2D eigenvalue weighted by molar-refractivity contribution is 5.98. The first-order valence-electron chi connectivity index (χ1n) is 14.5. The van der Waals surface area contributed by atoms with Gasteiger partial charge in [0.1, 0.15) is 0 Å². The van der Waals surface area contributed by atoms with Crippen molar-refractivity contribution in [2.45, 2.75) is 57.8 Å². The molecule has 0 aliphatic heterocycles. The Morgan fingerprint density at radius 3 is 1.38 bits per heavy atom. The molecule has 0 bridgehead atoms. The van der Waals surface area contributed by atoms with Crippen molar-refractivity contribution in [2.75, 3.05) is 5.32 Å². The highest BCUT2D eigenvalue weighted by Crippen LogP contribution is 2.64. The third kappa shape index (κ3) is 3.47. The molecule has 5 aromatic carbocycles. The van der Waals surface area contributed by atoms with Crippen molar-refractivity contribution in [3.8, 4) is 22.3 Å². The largest absolute Gasteiger partial charge is 0.355 e. The van der Waals surface area contributed by atoms with Crippen molar-refractivity contribution >= 4 is 11.4 Å². The van der Waals surface area contributed by atoms with Crippen molar-refractivity contribution in [2.24, 2.45) is 0 Å². The number of hydrogen-bond donors (Lipinski definition) is 1. The van der Waals surface area contributed by atoms with Crippen LogP contribution in [0.15, 0.2) is 109 Å². The zero-order valence-electron chi connectivity index (χ0n) is 24.4. The van der Waals surface area contributed by atoms with Gasteiger partial charge in [-0.2, -0.15) is 0 Å². The second kappa shape index (κ2) is 8.45. The summed E-state index contributed by atoms with van der Waals surface area (Å²) < 4.78 is 0. The van der Waals surface area contributed by atoms with Crippen LogP contribution in [0.25, 0.3) is 22.3 Å². The van der Waals surface area contributed by atoms with Gasteiger partial charge in [-0.3, -0.25) is 0 Å². The van der Waals surface area contributed by atoms with E-state index in [1.807, 2.05) is 0 Å². The van der Waals surface area contributed by atoms with Gasteiger partial charge in [-0.15, -0.1) is 0 Å². The maximum Gasteiger partial charge on any atom is 0.0745 e. The molecule has 0 fully saturated rings. The molecule has 1 heteroatoms. The van der Waals surface area contributed by atoms with E-state index in [1.54, 1.807) is 0 Å². The predicted molar refractivity (Wildman–Crippen MR) is 170 cm³/mol. The van der Waals surface area contributed by atoms with E-state index in [0.717, 1.165) is 5.69 Å². The Balaban J connectivity index is 1.52. The minimum atomic E-state index is -0.364. The lowest BCUT2D eigenvalue weighted by molar-refractivity contribution is 0.569. The lowest BCUT2D eigenvalue weighted by Crippen LogP contribution is -2.26.